The topological polar surface area (TPSA) is 29.1 Å². The predicted molar refractivity (Wildman–Crippen MR) is 82.4 cm³/mol. The van der Waals surface area contributed by atoms with Crippen LogP contribution in [0.2, 0.25) is 0 Å². The van der Waals surface area contributed by atoms with E-state index in [-0.39, 0.29) is 5.91 Å². The predicted octanol–water partition coefficient (Wildman–Crippen LogP) is 4.46. The van der Waals surface area contributed by atoms with Gasteiger partial charge in [0.05, 0.1) is 0 Å². The zero-order valence-electron chi connectivity index (χ0n) is 11.7. The van der Waals surface area contributed by atoms with Crippen molar-refractivity contribution in [1.29, 1.82) is 0 Å². The van der Waals surface area contributed by atoms with E-state index in [2.05, 4.69) is 28.2 Å². The van der Waals surface area contributed by atoms with Crippen molar-refractivity contribution in [2.24, 2.45) is 5.92 Å². The van der Waals surface area contributed by atoms with Crippen LogP contribution in [0.4, 0.5) is 0 Å². The molecule has 0 radical (unpaired) electrons. The fourth-order valence-corrected chi connectivity index (χ4v) is 3.09. The van der Waals surface area contributed by atoms with Gasteiger partial charge in [-0.2, -0.15) is 0 Å². The lowest BCUT2D eigenvalue weighted by molar-refractivity contribution is 0.0932. The molecule has 0 heterocycles. The van der Waals surface area contributed by atoms with Crippen LogP contribution in [-0.4, -0.2) is 11.9 Å². The number of nitrogens with one attached hydrogen (secondary N) is 1. The summed E-state index contributed by atoms with van der Waals surface area (Å²) in [6.07, 6.45) is 5.97. The van der Waals surface area contributed by atoms with Gasteiger partial charge in [0, 0.05) is 16.1 Å². The van der Waals surface area contributed by atoms with Gasteiger partial charge in [-0.05, 0) is 49.8 Å². The van der Waals surface area contributed by atoms with E-state index < -0.39 is 0 Å². The number of rotatable bonds is 2. The van der Waals surface area contributed by atoms with Crippen molar-refractivity contribution in [2.45, 2.75) is 52.0 Å². The molecule has 1 N–H and O–H groups in total. The first kappa shape index (κ1) is 14.6. The molecule has 1 fully saturated rings. The molecule has 0 aliphatic heterocycles. The molecule has 0 aromatic heterocycles. The molecule has 1 aliphatic carbocycles. The second-order valence-electron chi connectivity index (χ2n) is 5.74. The monoisotopic (exact) mass is 323 g/mol. The average molecular weight is 324 g/mol. The van der Waals surface area contributed by atoms with E-state index in [0.717, 1.165) is 34.4 Å². The van der Waals surface area contributed by atoms with Gasteiger partial charge in [-0.25, -0.2) is 0 Å². The van der Waals surface area contributed by atoms with Crippen molar-refractivity contribution >= 4 is 21.8 Å². The molecule has 19 heavy (non-hydrogen) atoms. The van der Waals surface area contributed by atoms with Crippen LogP contribution in [0.15, 0.2) is 22.7 Å². The third kappa shape index (κ3) is 4.07. The number of benzene rings is 1. The van der Waals surface area contributed by atoms with E-state index in [1.165, 1.54) is 19.3 Å². The Bertz CT molecular complexity index is 458. The average Bonchev–Trinajstić information content (AvgIpc) is 2.57. The normalized spacial score (nSPS) is 23.7. The van der Waals surface area contributed by atoms with Crippen LogP contribution in [-0.2, 0) is 0 Å². The smallest absolute Gasteiger partial charge is 0.251 e. The van der Waals surface area contributed by atoms with Crippen molar-refractivity contribution < 1.29 is 4.79 Å². The molecule has 2 unspecified atom stereocenters. The second-order valence-corrected chi connectivity index (χ2v) is 6.66. The summed E-state index contributed by atoms with van der Waals surface area (Å²) < 4.78 is 0.956. The van der Waals surface area contributed by atoms with Crippen LogP contribution >= 0.6 is 15.9 Å². The molecule has 2 atom stereocenters. The Morgan fingerprint density at radius 1 is 1.26 bits per heavy atom. The number of halogens is 1. The molecule has 1 saturated carbocycles. The number of aryl methyl sites for hydroxylation is 1. The zero-order chi connectivity index (χ0) is 13.8. The summed E-state index contributed by atoms with van der Waals surface area (Å²) in [5.74, 6) is 0.868. The summed E-state index contributed by atoms with van der Waals surface area (Å²) in [6, 6.07) is 6.20. The maximum atomic E-state index is 12.3. The molecule has 1 aromatic carbocycles. The largest absolute Gasteiger partial charge is 0.349 e. The van der Waals surface area contributed by atoms with Crippen LogP contribution in [0.5, 0.6) is 0 Å². The van der Waals surface area contributed by atoms with Crippen LogP contribution in [0, 0.1) is 12.8 Å². The van der Waals surface area contributed by atoms with Crippen LogP contribution < -0.4 is 5.32 Å². The molecular weight excluding hydrogens is 302 g/mol. The molecule has 3 heteroatoms. The lowest BCUT2D eigenvalue weighted by atomic mass is 10.0. The van der Waals surface area contributed by atoms with Crippen molar-refractivity contribution in [3.8, 4) is 0 Å². The summed E-state index contributed by atoms with van der Waals surface area (Å²) in [6.45, 7) is 4.29. The summed E-state index contributed by atoms with van der Waals surface area (Å²) in [4.78, 5) is 12.3. The van der Waals surface area contributed by atoms with E-state index >= 15 is 0 Å². The molecule has 2 nitrogen and oxygen atoms in total. The first-order chi connectivity index (χ1) is 9.06. The van der Waals surface area contributed by atoms with Gasteiger partial charge in [0.25, 0.3) is 5.91 Å². The first-order valence-corrected chi connectivity index (χ1v) is 7.92. The Kier molecular flexibility index (Phi) is 5.03. The minimum atomic E-state index is 0.0679. The first-order valence-electron chi connectivity index (χ1n) is 7.13. The van der Waals surface area contributed by atoms with Crippen LogP contribution in [0.1, 0.15) is 54.9 Å². The van der Waals surface area contributed by atoms with Crippen molar-refractivity contribution in [3.63, 3.8) is 0 Å². The minimum absolute atomic E-state index is 0.0679. The Balaban J connectivity index is 2.02. The Labute approximate surface area is 124 Å². The van der Waals surface area contributed by atoms with Gasteiger partial charge in [0.2, 0.25) is 0 Å². The quantitative estimate of drug-likeness (QED) is 0.800. The Morgan fingerprint density at radius 3 is 2.84 bits per heavy atom. The van der Waals surface area contributed by atoms with Gasteiger partial charge in [-0.3, -0.25) is 4.79 Å². The summed E-state index contributed by atoms with van der Waals surface area (Å²) in [7, 11) is 0. The molecule has 1 amide bonds. The molecule has 2 rings (SSSR count). The maximum Gasteiger partial charge on any atom is 0.251 e. The van der Waals surface area contributed by atoms with Crippen LogP contribution in [0.25, 0.3) is 0 Å². The third-order valence-electron chi connectivity index (χ3n) is 4.04. The van der Waals surface area contributed by atoms with Crippen LogP contribution in [0.3, 0.4) is 0 Å². The van der Waals surface area contributed by atoms with Gasteiger partial charge >= 0.3 is 0 Å². The molecule has 0 spiro atoms. The van der Waals surface area contributed by atoms with Gasteiger partial charge in [0.1, 0.15) is 0 Å². The van der Waals surface area contributed by atoms with Crippen molar-refractivity contribution in [2.75, 3.05) is 0 Å². The molecule has 104 valence electrons. The summed E-state index contributed by atoms with van der Waals surface area (Å²) in [5.41, 5.74) is 1.81. The summed E-state index contributed by atoms with van der Waals surface area (Å²) >= 11 is 3.43. The van der Waals surface area contributed by atoms with E-state index in [9.17, 15) is 4.79 Å². The number of hydrogen-bond donors (Lipinski definition) is 1. The zero-order valence-corrected chi connectivity index (χ0v) is 13.3. The van der Waals surface area contributed by atoms with Gasteiger partial charge < -0.3 is 5.32 Å². The fraction of sp³-hybridized carbons (Fsp3) is 0.562. The molecule has 1 aliphatic rings. The highest BCUT2D eigenvalue weighted by molar-refractivity contribution is 9.10. The van der Waals surface area contributed by atoms with Crippen molar-refractivity contribution in [1.82, 2.24) is 5.32 Å². The number of carbonyl (C=O) groups excluding carboxylic acids is 1. The number of amides is 1. The van der Waals surface area contributed by atoms with E-state index in [1.54, 1.807) is 0 Å². The standard InChI is InChI=1S/C16H22BrNO/c1-11-4-3-5-14(9-6-11)18-16(19)15-10-13(17)8-7-12(15)2/h7-8,10-11,14H,3-6,9H2,1-2H3,(H,18,19). The van der Waals surface area contributed by atoms with E-state index in [0.29, 0.717) is 6.04 Å². The minimum Gasteiger partial charge on any atom is -0.349 e. The highest BCUT2D eigenvalue weighted by Gasteiger charge is 2.19. The molecule has 0 bridgehead atoms. The van der Waals surface area contributed by atoms with Gasteiger partial charge in [-0.1, -0.05) is 41.8 Å². The lowest BCUT2D eigenvalue weighted by Gasteiger charge is -2.17. The van der Waals surface area contributed by atoms with Gasteiger partial charge in [0.15, 0.2) is 0 Å². The lowest BCUT2D eigenvalue weighted by Crippen LogP contribution is -2.34. The Morgan fingerprint density at radius 2 is 2.05 bits per heavy atom. The van der Waals surface area contributed by atoms with E-state index in [4.69, 9.17) is 0 Å². The fourth-order valence-electron chi connectivity index (χ4n) is 2.73. The highest BCUT2D eigenvalue weighted by Crippen LogP contribution is 2.23. The van der Waals surface area contributed by atoms with E-state index in [1.807, 2.05) is 25.1 Å². The third-order valence-corrected chi connectivity index (χ3v) is 4.53. The Hall–Kier alpha value is -0.830. The highest BCUT2D eigenvalue weighted by atomic mass is 79.9. The number of hydrogen-bond acceptors (Lipinski definition) is 1. The maximum absolute atomic E-state index is 12.3. The number of carbonyl (C=O) groups is 1. The molecule has 0 saturated heterocycles. The van der Waals surface area contributed by atoms with Gasteiger partial charge in [-0.15, -0.1) is 0 Å². The SMILES string of the molecule is Cc1ccc(Br)cc1C(=O)NC1CCCC(C)CC1. The summed E-state index contributed by atoms with van der Waals surface area (Å²) in [5, 5.41) is 3.20. The second kappa shape index (κ2) is 6.56. The molecular formula is C16H22BrNO. The molecule has 1 aromatic rings. The van der Waals surface area contributed by atoms with Crippen molar-refractivity contribution in [3.05, 3.63) is 33.8 Å².